The molecule has 2 saturated heterocycles. The number of anilines is 1. The summed E-state index contributed by atoms with van der Waals surface area (Å²) in [7, 11) is 0. The van der Waals surface area contributed by atoms with Gasteiger partial charge in [0.15, 0.2) is 11.5 Å². The molecule has 2 aromatic rings. The zero-order valence-corrected chi connectivity index (χ0v) is 16.7. The molecule has 5 heterocycles. The van der Waals surface area contributed by atoms with Gasteiger partial charge in [-0.25, -0.2) is 0 Å². The van der Waals surface area contributed by atoms with Crippen LogP contribution in [0.5, 0.6) is 11.5 Å². The quantitative estimate of drug-likeness (QED) is 0.760. The first-order chi connectivity index (χ1) is 15.1. The van der Waals surface area contributed by atoms with Crippen LogP contribution >= 0.6 is 0 Å². The maximum Gasteiger partial charge on any atom is 0.231 e. The van der Waals surface area contributed by atoms with Crippen LogP contribution in [0, 0.1) is 11.8 Å². The van der Waals surface area contributed by atoms with Crippen molar-refractivity contribution in [1.82, 2.24) is 9.88 Å². The summed E-state index contributed by atoms with van der Waals surface area (Å²) in [6, 6.07) is 9.08. The number of fused-ring (bicyclic) bond motifs is 2. The van der Waals surface area contributed by atoms with Gasteiger partial charge in [0, 0.05) is 30.7 Å². The lowest BCUT2D eigenvalue weighted by Crippen LogP contribution is -2.41. The maximum absolute atomic E-state index is 13.3. The monoisotopic (exact) mass is 419 g/mol. The van der Waals surface area contributed by atoms with Crippen LogP contribution in [0.25, 0.3) is 0 Å². The summed E-state index contributed by atoms with van der Waals surface area (Å²) in [5.74, 6) is -0.116. The van der Waals surface area contributed by atoms with E-state index in [1.54, 1.807) is 35.5 Å². The molecule has 0 radical (unpaired) electrons. The lowest BCUT2D eigenvalue weighted by atomic mass is 9.77. The van der Waals surface area contributed by atoms with E-state index in [4.69, 9.17) is 14.2 Å². The van der Waals surface area contributed by atoms with E-state index < -0.39 is 23.5 Å². The smallest absolute Gasteiger partial charge is 0.231 e. The van der Waals surface area contributed by atoms with Crippen molar-refractivity contribution >= 4 is 17.5 Å². The molecule has 8 heteroatoms. The van der Waals surface area contributed by atoms with E-state index in [-0.39, 0.29) is 11.8 Å². The molecular weight excluding hydrogens is 398 g/mol. The summed E-state index contributed by atoms with van der Waals surface area (Å²) in [5.41, 5.74) is 0.869. The van der Waals surface area contributed by atoms with E-state index in [2.05, 4.69) is 10.3 Å². The standard InChI is InChI=1S/C23H21N3O5/c27-21(25-15-1-2-16-18(11-15)30-10-9-29-16)19-17-3-6-23(31-17)13-26(22(28)20(19)23)12-14-4-7-24-8-5-14/h1-8,11,17,19-20H,9-10,12-13H2,(H,25,27)/t17-,19-,20-,23-/m1/s1. The van der Waals surface area contributed by atoms with Gasteiger partial charge in [-0.2, -0.15) is 0 Å². The lowest BCUT2D eigenvalue weighted by Gasteiger charge is -2.24. The third-order valence-corrected chi connectivity index (χ3v) is 6.41. The van der Waals surface area contributed by atoms with Crippen LogP contribution in [0.4, 0.5) is 5.69 Å². The van der Waals surface area contributed by atoms with Crippen LogP contribution in [0.15, 0.2) is 54.9 Å². The van der Waals surface area contributed by atoms with Gasteiger partial charge in [-0.1, -0.05) is 12.2 Å². The number of likely N-dealkylation sites (tertiary alicyclic amines) is 1. The number of aromatic nitrogens is 1. The fourth-order valence-corrected chi connectivity index (χ4v) is 5.07. The van der Waals surface area contributed by atoms with Gasteiger partial charge in [0.25, 0.3) is 0 Å². The lowest BCUT2D eigenvalue weighted by molar-refractivity contribution is -0.136. The van der Waals surface area contributed by atoms with E-state index in [1.165, 1.54) is 0 Å². The average molecular weight is 419 g/mol. The molecule has 1 N–H and O–H groups in total. The van der Waals surface area contributed by atoms with E-state index in [0.717, 1.165) is 5.56 Å². The Balaban J connectivity index is 1.23. The molecule has 2 bridgehead atoms. The summed E-state index contributed by atoms with van der Waals surface area (Å²) >= 11 is 0. The zero-order valence-electron chi connectivity index (χ0n) is 16.7. The molecule has 4 atom stereocenters. The first-order valence-corrected chi connectivity index (χ1v) is 10.4. The van der Waals surface area contributed by atoms with Crippen molar-refractivity contribution in [2.24, 2.45) is 11.8 Å². The summed E-state index contributed by atoms with van der Waals surface area (Å²) in [4.78, 5) is 32.4. The Morgan fingerprint density at radius 1 is 1.16 bits per heavy atom. The van der Waals surface area contributed by atoms with Gasteiger partial charge in [0.1, 0.15) is 18.8 Å². The molecular formula is C23H21N3O5. The largest absolute Gasteiger partial charge is 0.486 e. The van der Waals surface area contributed by atoms with Gasteiger partial charge in [0.2, 0.25) is 11.8 Å². The molecule has 8 nitrogen and oxygen atoms in total. The van der Waals surface area contributed by atoms with Gasteiger partial charge >= 0.3 is 0 Å². The molecule has 2 fully saturated rings. The Hall–Kier alpha value is -3.39. The van der Waals surface area contributed by atoms with Gasteiger partial charge in [0.05, 0.1) is 24.5 Å². The number of nitrogens with zero attached hydrogens (tertiary/aromatic N) is 2. The number of carbonyl (C=O) groups is 2. The van der Waals surface area contributed by atoms with E-state index >= 15 is 0 Å². The van der Waals surface area contributed by atoms with Crippen molar-refractivity contribution < 1.29 is 23.8 Å². The van der Waals surface area contributed by atoms with Crippen molar-refractivity contribution in [3.8, 4) is 11.5 Å². The van der Waals surface area contributed by atoms with Crippen LogP contribution in [0.1, 0.15) is 5.56 Å². The van der Waals surface area contributed by atoms with Crippen molar-refractivity contribution in [3.63, 3.8) is 0 Å². The van der Waals surface area contributed by atoms with Crippen LogP contribution in [-0.4, -0.2) is 53.2 Å². The fourth-order valence-electron chi connectivity index (χ4n) is 5.07. The number of nitrogens with one attached hydrogen (secondary N) is 1. The summed E-state index contributed by atoms with van der Waals surface area (Å²) in [5, 5.41) is 2.95. The van der Waals surface area contributed by atoms with Gasteiger partial charge in [-0.3, -0.25) is 14.6 Å². The summed E-state index contributed by atoms with van der Waals surface area (Å²) in [6.07, 6.45) is 6.89. The SMILES string of the molecule is O=C(Nc1ccc2c(c1)OCCO2)[C@@H]1[C@H]2C=C[C@]3(CN(Cc4ccncc4)C(=O)[C@@H]13)O2. The van der Waals surface area contributed by atoms with Crippen LogP contribution in [0.2, 0.25) is 0 Å². The third kappa shape index (κ3) is 2.90. The second-order valence-corrected chi connectivity index (χ2v) is 8.30. The molecule has 0 unspecified atom stereocenters. The summed E-state index contributed by atoms with van der Waals surface area (Å²) in [6.45, 7) is 1.89. The van der Waals surface area contributed by atoms with E-state index in [1.807, 2.05) is 24.3 Å². The van der Waals surface area contributed by atoms with Gasteiger partial charge in [-0.05, 0) is 29.8 Å². The van der Waals surface area contributed by atoms with Gasteiger partial charge in [-0.15, -0.1) is 0 Å². The van der Waals surface area contributed by atoms with Crippen molar-refractivity contribution in [1.29, 1.82) is 0 Å². The first-order valence-electron chi connectivity index (χ1n) is 10.4. The predicted octanol–water partition coefficient (Wildman–Crippen LogP) is 1.77. The Morgan fingerprint density at radius 2 is 1.97 bits per heavy atom. The molecule has 0 saturated carbocycles. The van der Waals surface area contributed by atoms with Gasteiger partial charge < -0.3 is 24.4 Å². The minimum absolute atomic E-state index is 0.0500. The van der Waals surface area contributed by atoms with Crippen molar-refractivity contribution in [2.75, 3.05) is 25.1 Å². The molecule has 158 valence electrons. The van der Waals surface area contributed by atoms with Crippen LogP contribution < -0.4 is 14.8 Å². The fraction of sp³-hybridized carbons (Fsp3) is 0.348. The van der Waals surface area contributed by atoms with Crippen LogP contribution in [-0.2, 0) is 20.9 Å². The molecule has 1 aromatic carbocycles. The molecule has 6 rings (SSSR count). The summed E-state index contributed by atoms with van der Waals surface area (Å²) < 4.78 is 17.3. The van der Waals surface area contributed by atoms with Crippen molar-refractivity contribution in [2.45, 2.75) is 18.2 Å². The minimum atomic E-state index is -0.733. The molecule has 4 aliphatic heterocycles. The predicted molar refractivity (Wildman–Crippen MR) is 109 cm³/mol. The number of pyridine rings is 1. The number of carbonyl (C=O) groups excluding carboxylic acids is 2. The molecule has 0 aliphatic carbocycles. The molecule has 2 amide bonds. The first kappa shape index (κ1) is 18.4. The zero-order chi connectivity index (χ0) is 21.0. The number of rotatable bonds is 4. The second kappa shape index (κ2) is 6.81. The van der Waals surface area contributed by atoms with Crippen LogP contribution in [0.3, 0.4) is 0 Å². The maximum atomic E-state index is 13.3. The average Bonchev–Trinajstić information content (AvgIpc) is 3.43. The number of hydrogen-bond acceptors (Lipinski definition) is 6. The van der Waals surface area contributed by atoms with Crippen molar-refractivity contribution in [3.05, 3.63) is 60.4 Å². The normalized spacial score (nSPS) is 29.9. The number of hydrogen-bond donors (Lipinski definition) is 1. The number of benzene rings is 1. The minimum Gasteiger partial charge on any atom is -0.486 e. The van der Waals surface area contributed by atoms with E-state index in [0.29, 0.717) is 43.5 Å². The molecule has 31 heavy (non-hydrogen) atoms. The Labute approximate surface area is 178 Å². The highest BCUT2D eigenvalue weighted by Crippen LogP contribution is 2.52. The molecule has 1 spiro atoms. The Kier molecular flexibility index (Phi) is 4.04. The number of amides is 2. The Morgan fingerprint density at radius 3 is 2.81 bits per heavy atom. The molecule has 1 aromatic heterocycles. The Bertz CT molecular complexity index is 1090. The highest BCUT2D eigenvalue weighted by atomic mass is 16.6. The third-order valence-electron chi connectivity index (χ3n) is 6.41. The number of ether oxygens (including phenoxy) is 3. The topological polar surface area (TPSA) is 90.0 Å². The van der Waals surface area contributed by atoms with E-state index in [9.17, 15) is 9.59 Å². The highest BCUT2D eigenvalue weighted by molar-refractivity contribution is 5.99. The second-order valence-electron chi connectivity index (χ2n) is 8.30. The molecule has 4 aliphatic rings. The highest BCUT2D eigenvalue weighted by Gasteiger charge is 2.66.